The average molecular weight is 544 g/mol. The van der Waals surface area contributed by atoms with Crippen molar-refractivity contribution in [3.8, 4) is 16.8 Å². The molecule has 0 aliphatic carbocycles. The van der Waals surface area contributed by atoms with Crippen LogP contribution in [0, 0.1) is 0 Å². The molecule has 0 saturated carbocycles. The molecule has 2 heterocycles. The molecule has 0 atom stereocenters. The molecule has 0 fully saturated rings. The predicted molar refractivity (Wildman–Crippen MR) is 132 cm³/mol. The summed E-state index contributed by atoms with van der Waals surface area (Å²) in [7, 11) is 0. The smallest absolute Gasteiger partial charge is 0.341 e. The van der Waals surface area contributed by atoms with Crippen molar-refractivity contribution in [2.24, 2.45) is 0 Å². The van der Waals surface area contributed by atoms with Gasteiger partial charge in [0.05, 0.1) is 18.0 Å². The largest absolute Gasteiger partial charge is 0.462 e. The number of tetrazole rings is 1. The van der Waals surface area contributed by atoms with Gasteiger partial charge in [0.1, 0.15) is 10.6 Å². The summed E-state index contributed by atoms with van der Waals surface area (Å²) in [5.41, 5.74) is 2.73. The lowest BCUT2D eigenvalue weighted by Crippen LogP contribution is -2.16. The number of anilines is 1. The van der Waals surface area contributed by atoms with Crippen LogP contribution in [0.2, 0.25) is 0 Å². The Kier molecular flexibility index (Phi) is 7.53. The topological polar surface area (TPSA) is 99.0 Å². The van der Waals surface area contributed by atoms with E-state index in [4.69, 9.17) is 4.74 Å². The first-order valence-electron chi connectivity index (χ1n) is 9.87. The van der Waals surface area contributed by atoms with Gasteiger partial charge in [-0.15, -0.1) is 16.4 Å². The van der Waals surface area contributed by atoms with Crippen molar-refractivity contribution in [3.63, 3.8) is 0 Å². The van der Waals surface area contributed by atoms with E-state index in [0.29, 0.717) is 15.7 Å². The van der Waals surface area contributed by atoms with Gasteiger partial charge in [-0.25, -0.2) is 4.79 Å². The number of carbonyl (C=O) groups excluding carboxylic acids is 2. The maximum atomic E-state index is 12.7. The molecule has 0 spiro atoms. The van der Waals surface area contributed by atoms with Crippen LogP contribution in [0.5, 0.6) is 0 Å². The molecule has 0 unspecified atom stereocenters. The van der Waals surface area contributed by atoms with Gasteiger partial charge in [0.2, 0.25) is 11.1 Å². The molecule has 11 heteroatoms. The molecule has 1 N–H and O–H groups in total. The van der Waals surface area contributed by atoms with E-state index in [-0.39, 0.29) is 18.3 Å². The Morgan fingerprint density at radius 2 is 1.91 bits per heavy atom. The summed E-state index contributed by atoms with van der Waals surface area (Å²) in [6, 6.07) is 17.0. The Bertz CT molecular complexity index is 1260. The van der Waals surface area contributed by atoms with Gasteiger partial charge in [-0.05, 0) is 47.2 Å². The third-order valence-corrected chi connectivity index (χ3v) is 6.80. The van der Waals surface area contributed by atoms with Crippen LogP contribution in [-0.4, -0.2) is 44.4 Å². The molecule has 2 aromatic carbocycles. The second kappa shape index (κ2) is 10.7. The zero-order valence-corrected chi connectivity index (χ0v) is 20.6. The van der Waals surface area contributed by atoms with E-state index in [1.807, 2.05) is 60.0 Å². The number of ether oxygens (including phenoxy) is 1. The molecule has 168 valence electrons. The first-order valence-corrected chi connectivity index (χ1v) is 12.5. The van der Waals surface area contributed by atoms with E-state index in [1.165, 1.54) is 23.1 Å². The van der Waals surface area contributed by atoms with Gasteiger partial charge in [-0.3, -0.25) is 4.79 Å². The van der Waals surface area contributed by atoms with Crippen molar-refractivity contribution < 1.29 is 14.3 Å². The highest BCUT2D eigenvalue weighted by atomic mass is 79.9. The van der Waals surface area contributed by atoms with Crippen molar-refractivity contribution in [1.29, 1.82) is 0 Å². The predicted octanol–water partition coefficient (Wildman–Crippen LogP) is 5.06. The van der Waals surface area contributed by atoms with Crippen molar-refractivity contribution >= 4 is 55.9 Å². The molecule has 1 amide bonds. The van der Waals surface area contributed by atoms with Crippen molar-refractivity contribution in [2.75, 3.05) is 17.7 Å². The minimum atomic E-state index is -0.472. The highest BCUT2D eigenvalue weighted by Crippen LogP contribution is 2.36. The number of halogens is 1. The lowest BCUT2D eigenvalue weighted by Gasteiger charge is -2.09. The monoisotopic (exact) mass is 543 g/mol. The number of benzene rings is 2. The van der Waals surface area contributed by atoms with Crippen LogP contribution in [-0.2, 0) is 9.53 Å². The Hall–Kier alpha value is -3.02. The fraction of sp³-hybridized carbons (Fsp3) is 0.136. The Balaban J connectivity index is 1.49. The van der Waals surface area contributed by atoms with Crippen molar-refractivity contribution in [1.82, 2.24) is 20.2 Å². The van der Waals surface area contributed by atoms with E-state index < -0.39 is 5.97 Å². The Morgan fingerprint density at radius 1 is 1.15 bits per heavy atom. The number of amides is 1. The van der Waals surface area contributed by atoms with Crippen LogP contribution in [0.1, 0.15) is 17.3 Å². The number of esters is 1. The number of thiophene rings is 1. The number of rotatable bonds is 8. The average Bonchev–Trinajstić information content (AvgIpc) is 3.46. The van der Waals surface area contributed by atoms with Gasteiger partial charge in [-0.1, -0.05) is 58.0 Å². The second-order valence-corrected chi connectivity index (χ2v) is 9.36. The molecule has 4 aromatic rings. The minimum Gasteiger partial charge on any atom is -0.462 e. The molecule has 0 bridgehead atoms. The summed E-state index contributed by atoms with van der Waals surface area (Å²) < 4.78 is 7.74. The van der Waals surface area contributed by atoms with E-state index in [9.17, 15) is 9.59 Å². The van der Waals surface area contributed by atoms with Crippen LogP contribution >= 0.6 is 39.0 Å². The molecule has 0 aliphatic rings. The Labute approximate surface area is 206 Å². The zero-order chi connectivity index (χ0) is 23.2. The van der Waals surface area contributed by atoms with Gasteiger partial charge < -0.3 is 10.1 Å². The van der Waals surface area contributed by atoms with Gasteiger partial charge >= 0.3 is 5.97 Å². The molecule has 0 aliphatic heterocycles. The molecule has 0 radical (unpaired) electrons. The van der Waals surface area contributed by atoms with Gasteiger partial charge in [0, 0.05) is 15.4 Å². The number of hydrogen-bond acceptors (Lipinski definition) is 8. The summed E-state index contributed by atoms with van der Waals surface area (Å²) in [6.07, 6.45) is 0. The molecular formula is C22H18BrN5O3S2. The number of hydrogen-bond donors (Lipinski definition) is 1. The van der Waals surface area contributed by atoms with Crippen LogP contribution in [0.25, 0.3) is 16.8 Å². The highest BCUT2D eigenvalue weighted by molar-refractivity contribution is 9.10. The number of thioether (sulfide) groups is 1. The molecular weight excluding hydrogens is 526 g/mol. The molecule has 2 aromatic heterocycles. The second-order valence-electron chi connectivity index (χ2n) is 6.63. The third-order valence-electron chi connectivity index (χ3n) is 4.45. The number of carbonyl (C=O) groups is 2. The highest BCUT2D eigenvalue weighted by Gasteiger charge is 2.23. The number of nitrogens with zero attached hydrogens (tertiary/aromatic N) is 4. The maximum absolute atomic E-state index is 12.7. The number of aromatic nitrogens is 4. The minimum absolute atomic E-state index is 0.0672. The quantitative estimate of drug-likeness (QED) is 0.245. The van der Waals surface area contributed by atoms with Crippen LogP contribution in [0.15, 0.2) is 69.6 Å². The van der Waals surface area contributed by atoms with E-state index in [1.54, 1.807) is 11.6 Å². The normalized spacial score (nSPS) is 10.7. The maximum Gasteiger partial charge on any atom is 0.341 e. The summed E-state index contributed by atoms with van der Waals surface area (Å²) in [5.74, 6) is -0.685. The standard InChI is InChI=1S/C22H18BrN5O3S2/c1-2-31-21(30)19-17(14-6-4-3-5-7-14)12-32-20(19)24-18(29)13-33-22-25-26-27-28(22)16-10-8-15(23)9-11-16/h3-12H,2,13H2,1H3,(H,24,29). The third kappa shape index (κ3) is 5.49. The lowest BCUT2D eigenvalue weighted by atomic mass is 10.0. The van der Waals surface area contributed by atoms with Crippen LogP contribution in [0.3, 0.4) is 0 Å². The van der Waals surface area contributed by atoms with Crippen molar-refractivity contribution in [3.05, 3.63) is 70.0 Å². The van der Waals surface area contributed by atoms with E-state index in [0.717, 1.165) is 21.3 Å². The van der Waals surface area contributed by atoms with Crippen LogP contribution < -0.4 is 5.32 Å². The molecule has 4 rings (SSSR count). The zero-order valence-electron chi connectivity index (χ0n) is 17.4. The lowest BCUT2D eigenvalue weighted by molar-refractivity contribution is -0.113. The molecule has 8 nitrogen and oxygen atoms in total. The first-order chi connectivity index (χ1) is 16.1. The van der Waals surface area contributed by atoms with Crippen LogP contribution in [0.4, 0.5) is 5.00 Å². The summed E-state index contributed by atoms with van der Waals surface area (Å²) in [4.78, 5) is 25.4. The summed E-state index contributed by atoms with van der Waals surface area (Å²) in [5, 5.41) is 17.3. The van der Waals surface area contributed by atoms with E-state index >= 15 is 0 Å². The SMILES string of the molecule is CCOC(=O)c1c(-c2ccccc2)csc1NC(=O)CSc1nnnn1-c1ccc(Br)cc1. The van der Waals surface area contributed by atoms with Crippen molar-refractivity contribution in [2.45, 2.75) is 12.1 Å². The van der Waals surface area contributed by atoms with Gasteiger partial charge in [-0.2, -0.15) is 4.68 Å². The van der Waals surface area contributed by atoms with Gasteiger partial charge in [0.25, 0.3) is 0 Å². The van der Waals surface area contributed by atoms with E-state index in [2.05, 4.69) is 36.8 Å². The first kappa shape index (κ1) is 23.1. The summed E-state index contributed by atoms with van der Waals surface area (Å²) in [6.45, 7) is 1.99. The Morgan fingerprint density at radius 3 is 2.64 bits per heavy atom. The molecule has 0 saturated heterocycles. The number of nitrogens with one attached hydrogen (secondary N) is 1. The summed E-state index contributed by atoms with van der Waals surface area (Å²) >= 11 is 5.89. The fourth-order valence-corrected chi connectivity index (χ4v) is 4.92. The van der Waals surface area contributed by atoms with Gasteiger partial charge in [0.15, 0.2) is 0 Å². The fourth-order valence-electron chi connectivity index (χ4n) is 2.99. The molecule has 33 heavy (non-hydrogen) atoms.